The van der Waals surface area contributed by atoms with E-state index in [4.69, 9.17) is 4.74 Å². The fourth-order valence-corrected chi connectivity index (χ4v) is 3.92. The van der Waals surface area contributed by atoms with Crippen LogP contribution in [0.25, 0.3) is 11.0 Å². The van der Waals surface area contributed by atoms with Gasteiger partial charge in [0.25, 0.3) is 5.56 Å². The van der Waals surface area contributed by atoms with Crippen molar-refractivity contribution < 1.29 is 13.9 Å². The summed E-state index contributed by atoms with van der Waals surface area (Å²) in [4.78, 5) is 31.3. The van der Waals surface area contributed by atoms with Gasteiger partial charge in [-0.25, -0.2) is 9.18 Å². The van der Waals surface area contributed by atoms with Gasteiger partial charge >= 0.3 is 6.03 Å². The summed E-state index contributed by atoms with van der Waals surface area (Å²) in [7, 11) is 1.58. The molecular formula is C23H26FN5O3. The number of ether oxygens (including phenoxy) is 1. The maximum absolute atomic E-state index is 13.0. The molecule has 1 aliphatic rings. The number of hydrogen-bond acceptors (Lipinski definition) is 5. The van der Waals surface area contributed by atoms with Gasteiger partial charge in [0.1, 0.15) is 11.6 Å². The first-order valence-electron chi connectivity index (χ1n) is 10.6. The number of rotatable bonds is 6. The highest BCUT2D eigenvalue weighted by atomic mass is 19.1. The molecule has 0 radical (unpaired) electrons. The topological polar surface area (TPSA) is 88.5 Å². The van der Waals surface area contributed by atoms with Gasteiger partial charge < -0.3 is 24.8 Å². The summed E-state index contributed by atoms with van der Waals surface area (Å²) in [6.45, 7) is 2.92. The second kappa shape index (κ2) is 9.78. The van der Waals surface area contributed by atoms with E-state index in [-0.39, 0.29) is 23.4 Å². The van der Waals surface area contributed by atoms with Gasteiger partial charge in [0.15, 0.2) is 0 Å². The van der Waals surface area contributed by atoms with Crippen molar-refractivity contribution in [2.45, 2.75) is 25.4 Å². The number of halogens is 1. The Labute approximate surface area is 185 Å². The fourth-order valence-electron chi connectivity index (χ4n) is 3.92. The third-order valence-electron chi connectivity index (χ3n) is 5.71. The van der Waals surface area contributed by atoms with E-state index < -0.39 is 0 Å². The van der Waals surface area contributed by atoms with Crippen molar-refractivity contribution in [3.63, 3.8) is 0 Å². The van der Waals surface area contributed by atoms with E-state index in [2.05, 4.69) is 20.5 Å². The van der Waals surface area contributed by atoms with Gasteiger partial charge in [-0.3, -0.25) is 9.78 Å². The van der Waals surface area contributed by atoms with Crippen molar-refractivity contribution in [1.82, 2.24) is 19.8 Å². The molecule has 2 N–H and O–H groups in total. The first-order valence-corrected chi connectivity index (χ1v) is 10.6. The van der Waals surface area contributed by atoms with E-state index in [9.17, 15) is 14.0 Å². The van der Waals surface area contributed by atoms with Crippen LogP contribution in [0, 0.1) is 5.82 Å². The summed E-state index contributed by atoms with van der Waals surface area (Å²) < 4.78 is 20.0. The van der Waals surface area contributed by atoms with Crippen LogP contribution in [0.5, 0.6) is 5.75 Å². The van der Waals surface area contributed by atoms with E-state index in [1.165, 1.54) is 30.3 Å². The number of benzene rings is 1. The first-order chi connectivity index (χ1) is 15.5. The summed E-state index contributed by atoms with van der Waals surface area (Å²) in [6.07, 6.45) is 3.27. The Morgan fingerprint density at radius 3 is 2.62 bits per heavy atom. The molecule has 3 heterocycles. The molecule has 1 fully saturated rings. The van der Waals surface area contributed by atoms with Crippen molar-refractivity contribution >= 4 is 22.8 Å². The molecule has 4 rings (SSSR count). The number of piperidine rings is 1. The Morgan fingerprint density at radius 1 is 1.16 bits per heavy atom. The van der Waals surface area contributed by atoms with E-state index in [0.717, 1.165) is 43.5 Å². The molecule has 8 nitrogen and oxygen atoms in total. The number of hydrogen-bond donors (Lipinski definition) is 2. The molecule has 1 aromatic carbocycles. The molecule has 0 unspecified atom stereocenters. The molecule has 32 heavy (non-hydrogen) atoms. The van der Waals surface area contributed by atoms with Crippen LogP contribution in [0.2, 0.25) is 0 Å². The summed E-state index contributed by atoms with van der Waals surface area (Å²) in [5, 5.41) is 5.70. The number of aromatic nitrogens is 2. The quantitative estimate of drug-likeness (QED) is 0.617. The molecule has 0 saturated carbocycles. The average Bonchev–Trinajstić information content (AvgIpc) is 2.80. The number of likely N-dealkylation sites (tertiary alicyclic amines) is 1. The largest absolute Gasteiger partial charge is 0.495 e. The number of carbonyl (C=O) groups is 1. The minimum atomic E-state index is -0.343. The first kappa shape index (κ1) is 21.8. The Kier molecular flexibility index (Phi) is 6.65. The predicted molar refractivity (Wildman–Crippen MR) is 121 cm³/mol. The lowest BCUT2D eigenvalue weighted by Gasteiger charge is -2.32. The van der Waals surface area contributed by atoms with Gasteiger partial charge in [-0.1, -0.05) is 0 Å². The second-order valence-electron chi connectivity index (χ2n) is 7.82. The van der Waals surface area contributed by atoms with Gasteiger partial charge in [0.2, 0.25) is 0 Å². The summed E-state index contributed by atoms with van der Waals surface area (Å²) in [5.74, 6) is 0.271. The molecule has 168 valence electrons. The maximum atomic E-state index is 13.0. The SMILES string of the molecule is COc1cnc2ccc(=O)n(CCN3CCC(NC(=O)Nc4ccc(F)cc4)CC3)c2c1. The van der Waals surface area contributed by atoms with Gasteiger partial charge in [-0.15, -0.1) is 0 Å². The number of carbonyl (C=O) groups excluding carboxylic acids is 1. The number of pyridine rings is 2. The minimum Gasteiger partial charge on any atom is -0.495 e. The number of urea groups is 1. The Hall–Kier alpha value is -3.46. The van der Waals surface area contributed by atoms with Gasteiger partial charge in [-0.05, 0) is 43.2 Å². The highest BCUT2D eigenvalue weighted by molar-refractivity contribution is 5.89. The minimum absolute atomic E-state index is 0.0680. The van der Waals surface area contributed by atoms with E-state index in [1.54, 1.807) is 23.9 Å². The van der Waals surface area contributed by atoms with Gasteiger partial charge in [0.05, 0.1) is 24.3 Å². The number of amides is 2. The fraction of sp³-hybridized carbons (Fsp3) is 0.348. The standard InChI is InChI=1S/C23H26FN5O3/c1-32-19-14-21-20(25-15-19)6-7-22(30)29(21)13-12-28-10-8-18(9-11-28)27-23(31)26-17-4-2-16(24)3-5-17/h2-7,14-15,18H,8-13H2,1H3,(H2,26,27,31). The lowest BCUT2D eigenvalue weighted by molar-refractivity contribution is 0.191. The number of nitrogens with one attached hydrogen (secondary N) is 2. The van der Waals surface area contributed by atoms with Crippen molar-refractivity contribution in [2.24, 2.45) is 0 Å². The van der Waals surface area contributed by atoms with E-state index in [1.807, 2.05) is 6.07 Å². The van der Waals surface area contributed by atoms with Gasteiger partial charge in [0, 0.05) is 50.0 Å². The lowest BCUT2D eigenvalue weighted by Crippen LogP contribution is -2.46. The van der Waals surface area contributed by atoms with E-state index >= 15 is 0 Å². The van der Waals surface area contributed by atoms with Crippen LogP contribution in [0.1, 0.15) is 12.8 Å². The zero-order valence-electron chi connectivity index (χ0n) is 17.9. The number of anilines is 1. The van der Waals surface area contributed by atoms with Crippen molar-refractivity contribution in [2.75, 3.05) is 32.1 Å². The van der Waals surface area contributed by atoms with E-state index in [0.29, 0.717) is 18.0 Å². The second-order valence-corrected chi connectivity index (χ2v) is 7.82. The Balaban J connectivity index is 1.29. The van der Waals surface area contributed by atoms with Crippen LogP contribution in [-0.2, 0) is 6.54 Å². The molecule has 9 heteroatoms. The summed E-state index contributed by atoms with van der Waals surface area (Å²) >= 11 is 0. The normalized spacial score (nSPS) is 14.9. The van der Waals surface area contributed by atoms with Crippen molar-refractivity contribution in [3.8, 4) is 5.75 Å². The zero-order chi connectivity index (χ0) is 22.5. The molecule has 2 aromatic heterocycles. The monoisotopic (exact) mass is 439 g/mol. The highest BCUT2D eigenvalue weighted by Gasteiger charge is 2.21. The smallest absolute Gasteiger partial charge is 0.319 e. The molecule has 0 atom stereocenters. The van der Waals surface area contributed by atoms with Crippen LogP contribution in [0.3, 0.4) is 0 Å². The summed E-state index contributed by atoms with van der Waals surface area (Å²) in [6, 6.07) is 10.5. The zero-order valence-corrected chi connectivity index (χ0v) is 17.9. The predicted octanol–water partition coefficient (Wildman–Crippen LogP) is 2.83. The molecule has 0 bridgehead atoms. The van der Waals surface area contributed by atoms with Crippen LogP contribution >= 0.6 is 0 Å². The van der Waals surface area contributed by atoms with Gasteiger partial charge in [-0.2, -0.15) is 0 Å². The van der Waals surface area contributed by atoms with Crippen LogP contribution in [0.15, 0.2) is 53.5 Å². The third kappa shape index (κ3) is 5.23. The highest BCUT2D eigenvalue weighted by Crippen LogP contribution is 2.17. The van der Waals surface area contributed by atoms with Crippen LogP contribution in [-0.4, -0.2) is 53.3 Å². The molecule has 3 aromatic rings. The van der Waals surface area contributed by atoms with Crippen LogP contribution in [0.4, 0.5) is 14.9 Å². The number of methoxy groups -OCH3 is 1. The molecule has 2 amide bonds. The molecular weight excluding hydrogens is 413 g/mol. The van der Waals surface area contributed by atoms with Crippen molar-refractivity contribution in [3.05, 3.63) is 64.8 Å². The van der Waals surface area contributed by atoms with Crippen LogP contribution < -0.4 is 20.9 Å². The Morgan fingerprint density at radius 2 is 1.91 bits per heavy atom. The summed E-state index contributed by atoms with van der Waals surface area (Å²) in [5.41, 5.74) is 1.99. The number of fused-ring (bicyclic) bond motifs is 1. The lowest BCUT2D eigenvalue weighted by atomic mass is 10.1. The molecule has 1 aliphatic heterocycles. The molecule has 1 saturated heterocycles. The Bertz CT molecular complexity index is 1140. The molecule has 0 spiro atoms. The maximum Gasteiger partial charge on any atom is 0.319 e. The number of nitrogens with zero attached hydrogens (tertiary/aromatic N) is 3. The third-order valence-corrected chi connectivity index (χ3v) is 5.71. The molecule has 0 aliphatic carbocycles. The average molecular weight is 439 g/mol. The van der Waals surface area contributed by atoms with Crippen molar-refractivity contribution in [1.29, 1.82) is 0 Å².